The van der Waals surface area contributed by atoms with E-state index in [1.165, 1.54) is 6.07 Å². The summed E-state index contributed by atoms with van der Waals surface area (Å²) in [5, 5.41) is 11.5. The molecule has 28 heavy (non-hydrogen) atoms. The van der Waals surface area contributed by atoms with Gasteiger partial charge in [0, 0.05) is 21.7 Å². The highest BCUT2D eigenvalue weighted by Gasteiger charge is 2.16. The standard InChI is InChI=1S/C19H16Cl2F2N4S/c1-10-18(25-19(28)24-17-7-6-12(22)8-16(17)23)11(2)27(26-10)9-13-14(20)4-3-5-15(13)21/h3-8H,9H2,1-2H3,(H2,24,25,28). The van der Waals surface area contributed by atoms with Gasteiger partial charge in [-0.3, -0.25) is 4.68 Å². The van der Waals surface area contributed by atoms with Crippen LogP contribution < -0.4 is 10.6 Å². The number of rotatable bonds is 4. The molecule has 0 atom stereocenters. The minimum Gasteiger partial charge on any atom is -0.330 e. The van der Waals surface area contributed by atoms with Gasteiger partial charge in [-0.05, 0) is 50.3 Å². The highest BCUT2D eigenvalue weighted by Crippen LogP contribution is 2.27. The summed E-state index contributed by atoms with van der Waals surface area (Å²) in [7, 11) is 0. The molecule has 2 N–H and O–H groups in total. The maximum atomic E-state index is 13.8. The Morgan fingerprint density at radius 3 is 2.43 bits per heavy atom. The molecule has 0 aliphatic rings. The summed E-state index contributed by atoms with van der Waals surface area (Å²) in [5.41, 5.74) is 3.02. The molecule has 0 saturated heterocycles. The molecule has 3 rings (SSSR count). The van der Waals surface area contributed by atoms with Gasteiger partial charge in [0.2, 0.25) is 0 Å². The fourth-order valence-electron chi connectivity index (χ4n) is 2.72. The van der Waals surface area contributed by atoms with Gasteiger partial charge in [-0.1, -0.05) is 29.3 Å². The zero-order valence-electron chi connectivity index (χ0n) is 15.0. The van der Waals surface area contributed by atoms with Crippen molar-refractivity contribution >= 4 is 51.9 Å². The van der Waals surface area contributed by atoms with E-state index < -0.39 is 11.6 Å². The molecule has 3 aromatic rings. The molecule has 0 saturated carbocycles. The Morgan fingerprint density at radius 1 is 1.11 bits per heavy atom. The van der Waals surface area contributed by atoms with Crippen molar-refractivity contribution in [2.24, 2.45) is 0 Å². The van der Waals surface area contributed by atoms with E-state index in [0.29, 0.717) is 28.0 Å². The van der Waals surface area contributed by atoms with E-state index in [0.717, 1.165) is 23.4 Å². The van der Waals surface area contributed by atoms with Gasteiger partial charge < -0.3 is 10.6 Å². The Bertz CT molecular complexity index is 1030. The van der Waals surface area contributed by atoms with Gasteiger partial charge in [-0.15, -0.1) is 0 Å². The van der Waals surface area contributed by atoms with Crippen LogP contribution in [0.15, 0.2) is 36.4 Å². The number of benzene rings is 2. The van der Waals surface area contributed by atoms with E-state index >= 15 is 0 Å². The second kappa shape index (κ2) is 8.43. The number of halogens is 4. The quantitative estimate of drug-likeness (QED) is 0.492. The van der Waals surface area contributed by atoms with Crippen LogP contribution in [0.4, 0.5) is 20.2 Å². The molecular weight excluding hydrogens is 425 g/mol. The van der Waals surface area contributed by atoms with Gasteiger partial charge in [-0.2, -0.15) is 5.10 Å². The Morgan fingerprint density at radius 2 is 1.79 bits per heavy atom. The fraction of sp³-hybridized carbons (Fsp3) is 0.158. The fourth-order valence-corrected chi connectivity index (χ4v) is 3.45. The van der Waals surface area contributed by atoms with E-state index in [9.17, 15) is 8.78 Å². The smallest absolute Gasteiger partial charge is 0.175 e. The first kappa shape index (κ1) is 20.5. The number of aromatic nitrogens is 2. The molecule has 0 radical (unpaired) electrons. The summed E-state index contributed by atoms with van der Waals surface area (Å²) < 4.78 is 28.6. The summed E-state index contributed by atoms with van der Waals surface area (Å²) >= 11 is 17.7. The van der Waals surface area contributed by atoms with E-state index in [1.54, 1.807) is 22.9 Å². The molecule has 1 aromatic heterocycles. The second-order valence-corrected chi connectivity index (χ2v) is 7.33. The number of hydrogen-bond donors (Lipinski definition) is 2. The van der Waals surface area contributed by atoms with Crippen LogP contribution in [0.1, 0.15) is 17.0 Å². The van der Waals surface area contributed by atoms with Crippen LogP contribution in [0.2, 0.25) is 10.0 Å². The van der Waals surface area contributed by atoms with E-state index in [4.69, 9.17) is 35.4 Å². The molecule has 1 heterocycles. The molecule has 146 valence electrons. The number of thiocarbonyl (C=S) groups is 1. The van der Waals surface area contributed by atoms with Crippen molar-refractivity contribution in [2.45, 2.75) is 20.4 Å². The third kappa shape index (κ3) is 4.43. The first-order chi connectivity index (χ1) is 13.3. The third-order valence-corrected chi connectivity index (χ3v) is 5.08. The predicted molar refractivity (Wildman–Crippen MR) is 113 cm³/mol. The summed E-state index contributed by atoms with van der Waals surface area (Å²) in [6, 6.07) is 8.53. The molecule has 0 aliphatic carbocycles. The number of hydrogen-bond acceptors (Lipinski definition) is 2. The Kier molecular flexibility index (Phi) is 6.17. The van der Waals surface area contributed by atoms with E-state index in [1.807, 2.05) is 13.8 Å². The van der Waals surface area contributed by atoms with Crippen molar-refractivity contribution < 1.29 is 8.78 Å². The lowest BCUT2D eigenvalue weighted by molar-refractivity contribution is 0.586. The molecule has 0 spiro atoms. The number of nitrogens with zero attached hydrogens (tertiary/aromatic N) is 2. The average molecular weight is 441 g/mol. The predicted octanol–water partition coefficient (Wildman–Crippen LogP) is 5.94. The zero-order chi connectivity index (χ0) is 20.4. The van der Waals surface area contributed by atoms with Crippen LogP contribution in [-0.2, 0) is 6.54 Å². The van der Waals surface area contributed by atoms with Crippen molar-refractivity contribution in [3.8, 4) is 0 Å². The van der Waals surface area contributed by atoms with Crippen LogP contribution in [0.25, 0.3) is 0 Å². The van der Waals surface area contributed by atoms with Gasteiger partial charge in [0.1, 0.15) is 11.6 Å². The van der Waals surface area contributed by atoms with Gasteiger partial charge in [-0.25, -0.2) is 8.78 Å². The van der Waals surface area contributed by atoms with Crippen LogP contribution in [0.5, 0.6) is 0 Å². The SMILES string of the molecule is Cc1nn(Cc2c(Cl)cccc2Cl)c(C)c1NC(=S)Nc1ccc(F)cc1F. The second-order valence-electron chi connectivity index (χ2n) is 6.11. The zero-order valence-corrected chi connectivity index (χ0v) is 17.3. The van der Waals surface area contributed by atoms with E-state index in [2.05, 4.69) is 15.7 Å². The van der Waals surface area contributed by atoms with Crippen LogP contribution in [0, 0.1) is 25.5 Å². The Balaban J connectivity index is 1.79. The maximum absolute atomic E-state index is 13.8. The van der Waals surface area contributed by atoms with Crippen molar-refractivity contribution in [3.63, 3.8) is 0 Å². The molecule has 0 aliphatic heterocycles. The highest BCUT2D eigenvalue weighted by molar-refractivity contribution is 7.80. The third-order valence-electron chi connectivity index (χ3n) is 4.17. The number of anilines is 2. The molecular formula is C19H16Cl2F2N4S. The summed E-state index contributed by atoms with van der Waals surface area (Å²) in [6.45, 7) is 4.08. The molecule has 0 amide bonds. The molecule has 0 unspecified atom stereocenters. The first-order valence-corrected chi connectivity index (χ1v) is 9.42. The van der Waals surface area contributed by atoms with Crippen LogP contribution >= 0.6 is 35.4 Å². The normalized spacial score (nSPS) is 10.8. The van der Waals surface area contributed by atoms with Gasteiger partial charge in [0.05, 0.1) is 29.3 Å². The molecule has 2 aromatic carbocycles. The maximum Gasteiger partial charge on any atom is 0.175 e. The van der Waals surface area contributed by atoms with Gasteiger partial charge in [0.15, 0.2) is 5.11 Å². The van der Waals surface area contributed by atoms with Crippen LogP contribution in [0.3, 0.4) is 0 Å². The Hall–Kier alpha value is -2.22. The molecule has 4 nitrogen and oxygen atoms in total. The topological polar surface area (TPSA) is 41.9 Å². The molecule has 9 heteroatoms. The summed E-state index contributed by atoms with van der Waals surface area (Å²) in [5.74, 6) is -1.39. The average Bonchev–Trinajstić information content (AvgIpc) is 2.88. The summed E-state index contributed by atoms with van der Waals surface area (Å²) in [4.78, 5) is 0. The van der Waals surface area contributed by atoms with Crippen molar-refractivity contribution in [3.05, 3.63) is 75.0 Å². The molecule has 0 fully saturated rings. The summed E-state index contributed by atoms with van der Waals surface area (Å²) in [6.07, 6.45) is 0. The van der Waals surface area contributed by atoms with Gasteiger partial charge in [0.25, 0.3) is 0 Å². The van der Waals surface area contributed by atoms with E-state index in [-0.39, 0.29) is 10.8 Å². The first-order valence-electron chi connectivity index (χ1n) is 8.26. The highest BCUT2D eigenvalue weighted by atomic mass is 35.5. The minimum atomic E-state index is -0.735. The van der Waals surface area contributed by atoms with Crippen LogP contribution in [-0.4, -0.2) is 14.9 Å². The van der Waals surface area contributed by atoms with Crippen molar-refractivity contribution in [2.75, 3.05) is 10.6 Å². The molecule has 0 bridgehead atoms. The van der Waals surface area contributed by atoms with Crippen molar-refractivity contribution in [1.29, 1.82) is 0 Å². The van der Waals surface area contributed by atoms with Gasteiger partial charge >= 0.3 is 0 Å². The monoisotopic (exact) mass is 440 g/mol. The Labute approximate surface area is 176 Å². The minimum absolute atomic E-state index is 0.0736. The lowest BCUT2D eigenvalue weighted by Crippen LogP contribution is -2.20. The van der Waals surface area contributed by atoms with Crippen molar-refractivity contribution in [1.82, 2.24) is 9.78 Å². The number of nitrogens with one attached hydrogen (secondary N) is 2. The lowest BCUT2D eigenvalue weighted by Gasteiger charge is -2.12. The number of aryl methyl sites for hydroxylation is 1. The lowest BCUT2D eigenvalue weighted by atomic mass is 10.2. The largest absolute Gasteiger partial charge is 0.330 e.